The van der Waals surface area contributed by atoms with E-state index in [9.17, 15) is 4.79 Å². The van der Waals surface area contributed by atoms with Crippen LogP contribution in [0.3, 0.4) is 0 Å². The van der Waals surface area contributed by atoms with Crippen molar-refractivity contribution < 1.29 is 9.53 Å². The summed E-state index contributed by atoms with van der Waals surface area (Å²) >= 11 is 3.45. The van der Waals surface area contributed by atoms with E-state index in [-0.39, 0.29) is 18.6 Å². The van der Waals surface area contributed by atoms with E-state index in [2.05, 4.69) is 28.2 Å². The number of halogens is 1. The van der Waals surface area contributed by atoms with E-state index in [0.717, 1.165) is 15.8 Å². The average Bonchev–Trinajstić information content (AvgIpc) is 2.43. The molecule has 1 aromatic carbocycles. The van der Waals surface area contributed by atoms with E-state index in [4.69, 9.17) is 4.74 Å². The molecule has 0 aliphatic rings. The van der Waals surface area contributed by atoms with E-state index in [1.807, 2.05) is 32.2 Å². The second kappa shape index (κ2) is 7.50. The van der Waals surface area contributed by atoms with Crippen LogP contribution in [0.1, 0.15) is 25.5 Å². The van der Waals surface area contributed by atoms with Crippen LogP contribution in [0.4, 0.5) is 0 Å². The fourth-order valence-electron chi connectivity index (χ4n) is 1.57. The first-order valence-electron chi connectivity index (χ1n) is 6.33. The first-order chi connectivity index (χ1) is 8.99. The van der Waals surface area contributed by atoms with Gasteiger partial charge in [-0.1, -0.05) is 15.9 Å². The van der Waals surface area contributed by atoms with Crippen LogP contribution in [0.15, 0.2) is 22.7 Å². The quantitative estimate of drug-likeness (QED) is 0.872. The lowest BCUT2D eigenvalue weighted by molar-refractivity contribution is -0.131. The Morgan fingerprint density at radius 1 is 1.53 bits per heavy atom. The summed E-state index contributed by atoms with van der Waals surface area (Å²) in [5, 5.41) is 3.17. The molecule has 0 heterocycles. The number of carbonyl (C=O) groups is 1. The van der Waals surface area contributed by atoms with Gasteiger partial charge in [0.1, 0.15) is 5.75 Å². The summed E-state index contributed by atoms with van der Waals surface area (Å²) < 4.78 is 6.64. The first kappa shape index (κ1) is 16.0. The molecule has 106 valence electrons. The van der Waals surface area contributed by atoms with Crippen molar-refractivity contribution in [2.24, 2.45) is 0 Å². The van der Waals surface area contributed by atoms with Crippen molar-refractivity contribution in [3.8, 4) is 5.75 Å². The number of hydrogen-bond acceptors (Lipinski definition) is 3. The molecule has 4 nitrogen and oxygen atoms in total. The highest BCUT2D eigenvalue weighted by Crippen LogP contribution is 2.28. The van der Waals surface area contributed by atoms with Gasteiger partial charge in [-0.05, 0) is 39.1 Å². The predicted molar refractivity (Wildman–Crippen MR) is 80.4 cm³/mol. The molecule has 0 aliphatic heterocycles. The molecule has 1 N–H and O–H groups in total. The maximum absolute atomic E-state index is 11.7. The minimum atomic E-state index is -0.0199. The van der Waals surface area contributed by atoms with Crippen LogP contribution in [-0.4, -0.2) is 38.1 Å². The maximum atomic E-state index is 11.7. The summed E-state index contributed by atoms with van der Waals surface area (Å²) in [6.45, 7) is 4.73. The van der Waals surface area contributed by atoms with Gasteiger partial charge in [0.25, 0.3) is 5.91 Å². The molecule has 1 amide bonds. The van der Waals surface area contributed by atoms with Crippen LogP contribution < -0.4 is 10.1 Å². The van der Waals surface area contributed by atoms with Gasteiger partial charge in [0, 0.05) is 29.7 Å². The molecule has 19 heavy (non-hydrogen) atoms. The van der Waals surface area contributed by atoms with Gasteiger partial charge < -0.3 is 15.0 Å². The third kappa shape index (κ3) is 4.51. The number of nitrogens with one attached hydrogen (secondary N) is 1. The van der Waals surface area contributed by atoms with E-state index >= 15 is 0 Å². The lowest BCUT2D eigenvalue weighted by Crippen LogP contribution is -2.31. The van der Waals surface area contributed by atoms with Gasteiger partial charge in [0.05, 0.1) is 0 Å². The molecule has 0 saturated heterocycles. The Balaban J connectivity index is 2.80. The van der Waals surface area contributed by atoms with Crippen molar-refractivity contribution in [1.29, 1.82) is 0 Å². The van der Waals surface area contributed by atoms with Crippen LogP contribution in [0, 0.1) is 0 Å². The van der Waals surface area contributed by atoms with Gasteiger partial charge in [-0.25, -0.2) is 0 Å². The van der Waals surface area contributed by atoms with Crippen LogP contribution >= 0.6 is 15.9 Å². The molecule has 1 aromatic rings. The van der Waals surface area contributed by atoms with Gasteiger partial charge >= 0.3 is 0 Å². The fraction of sp³-hybridized carbons (Fsp3) is 0.500. The molecule has 1 unspecified atom stereocenters. The summed E-state index contributed by atoms with van der Waals surface area (Å²) in [7, 11) is 3.66. The van der Waals surface area contributed by atoms with E-state index in [0.29, 0.717) is 6.54 Å². The Kier molecular flexibility index (Phi) is 6.31. The van der Waals surface area contributed by atoms with E-state index < -0.39 is 0 Å². The molecule has 0 spiro atoms. The molecular formula is C14H21BrN2O2. The lowest BCUT2D eigenvalue weighted by atomic mass is 10.1. The molecule has 0 fully saturated rings. The average molecular weight is 329 g/mol. The highest BCUT2D eigenvalue weighted by Gasteiger charge is 2.13. The topological polar surface area (TPSA) is 41.6 Å². The first-order valence-corrected chi connectivity index (χ1v) is 7.12. The van der Waals surface area contributed by atoms with Crippen molar-refractivity contribution in [1.82, 2.24) is 10.2 Å². The Morgan fingerprint density at radius 2 is 2.21 bits per heavy atom. The minimum absolute atomic E-state index is 0.0199. The fourth-order valence-corrected chi connectivity index (χ4v) is 1.95. The second-order valence-electron chi connectivity index (χ2n) is 4.39. The standard InChI is InChI=1S/C14H21BrN2O2/c1-5-17(4)14(18)9-19-13-7-6-11(15)8-12(13)10(2)16-3/h6-8,10,16H,5,9H2,1-4H3. The number of likely N-dealkylation sites (N-methyl/N-ethyl adjacent to an activating group) is 1. The van der Waals surface area contributed by atoms with Crippen molar-refractivity contribution in [3.63, 3.8) is 0 Å². The summed E-state index contributed by atoms with van der Waals surface area (Å²) in [6, 6.07) is 5.96. The molecule has 0 bridgehead atoms. The summed E-state index contributed by atoms with van der Waals surface area (Å²) in [6.07, 6.45) is 0. The van der Waals surface area contributed by atoms with Crippen molar-refractivity contribution >= 4 is 21.8 Å². The van der Waals surface area contributed by atoms with Crippen molar-refractivity contribution in [2.45, 2.75) is 19.9 Å². The lowest BCUT2D eigenvalue weighted by Gasteiger charge is -2.19. The SMILES string of the molecule is CCN(C)C(=O)COc1ccc(Br)cc1C(C)NC. The zero-order chi connectivity index (χ0) is 14.4. The number of rotatable bonds is 6. The second-order valence-corrected chi connectivity index (χ2v) is 5.30. The molecule has 1 atom stereocenters. The molecular weight excluding hydrogens is 308 g/mol. The minimum Gasteiger partial charge on any atom is -0.483 e. The Hall–Kier alpha value is -1.07. The van der Waals surface area contributed by atoms with Crippen LogP contribution in [-0.2, 0) is 4.79 Å². The number of ether oxygens (including phenoxy) is 1. The van der Waals surface area contributed by atoms with Gasteiger partial charge in [-0.15, -0.1) is 0 Å². The summed E-state index contributed by atoms with van der Waals surface area (Å²) in [4.78, 5) is 13.4. The maximum Gasteiger partial charge on any atom is 0.260 e. The van der Waals surface area contributed by atoms with Crippen molar-refractivity contribution in [2.75, 3.05) is 27.2 Å². The summed E-state index contributed by atoms with van der Waals surface area (Å²) in [5.74, 6) is 0.719. The zero-order valence-electron chi connectivity index (χ0n) is 11.9. The molecule has 0 aliphatic carbocycles. The monoisotopic (exact) mass is 328 g/mol. The Labute approximate surface area is 123 Å². The normalized spacial score (nSPS) is 12.1. The largest absolute Gasteiger partial charge is 0.483 e. The number of benzene rings is 1. The third-order valence-electron chi connectivity index (χ3n) is 3.12. The Morgan fingerprint density at radius 3 is 2.79 bits per heavy atom. The molecule has 1 rings (SSSR count). The van der Waals surface area contributed by atoms with Gasteiger partial charge in [-0.2, -0.15) is 0 Å². The number of amides is 1. The van der Waals surface area contributed by atoms with Crippen LogP contribution in [0.2, 0.25) is 0 Å². The predicted octanol–water partition coefficient (Wildman–Crippen LogP) is 2.59. The smallest absolute Gasteiger partial charge is 0.260 e. The third-order valence-corrected chi connectivity index (χ3v) is 3.62. The molecule has 5 heteroatoms. The highest BCUT2D eigenvalue weighted by molar-refractivity contribution is 9.10. The van der Waals surface area contributed by atoms with Gasteiger partial charge in [-0.3, -0.25) is 4.79 Å². The van der Waals surface area contributed by atoms with E-state index in [1.54, 1.807) is 11.9 Å². The number of nitrogens with zero attached hydrogens (tertiary/aromatic N) is 1. The Bertz CT molecular complexity index is 437. The van der Waals surface area contributed by atoms with Gasteiger partial charge in [0.15, 0.2) is 6.61 Å². The number of hydrogen-bond donors (Lipinski definition) is 1. The molecule has 0 aromatic heterocycles. The van der Waals surface area contributed by atoms with Gasteiger partial charge in [0.2, 0.25) is 0 Å². The van der Waals surface area contributed by atoms with Crippen molar-refractivity contribution in [3.05, 3.63) is 28.2 Å². The zero-order valence-corrected chi connectivity index (χ0v) is 13.5. The highest BCUT2D eigenvalue weighted by atomic mass is 79.9. The van der Waals surface area contributed by atoms with Crippen LogP contribution in [0.5, 0.6) is 5.75 Å². The molecule has 0 radical (unpaired) electrons. The van der Waals surface area contributed by atoms with Crippen LogP contribution in [0.25, 0.3) is 0 Å². The van der Waals surface area contributed by atoms with E-state index in [1.165, 1.54) is 0 Å². The summed E-state index contributed by atoms with van der Waals surface area (Å²) in [5.41, 5.74) is 1.03. The molecule has 0 saturated carbocycles. The number of carbonyl (C=O) groups excluding carboxylic acids is 1.